The minimum atomic E-state index is -0.368. The molecule has 0 bridgehead atoms. The molecule has 4 rings (SSSR count). The number of aromatic nitrogens is 1. The van der Waals surface area contributed by atoms with Crippen LogP contribution in [-0.4, -0.2) is 4.98 Å². The van der Waals surface area contributed by atoms with Crippen LogP contribution in [0.4, 0.5) is 0 Å². The van der Waals surface area contributed by atoms with E-state index < -0.39 is 0 Å². The van der Waals surface area contributed by atoms with Crippen LogP contribution in [0.5, 0.6) is 0 Å². The Hall–Kier alpha value is -2.02. The first-order valence-corrected chi connectivity index (χ1v) is 5.43. The molecule has 0 amide bonds. The largest absolute Gasteiger partial charge is 0.354 e. The molecule has 0 spiro atoms. The maximum atomic E-state index is 8.39. The number of para-hydroxylation sites is 1. The molecule has 1 aliphatic carbocycles. The molecule has 0 aliphatic heterocycles. The van der Waals surface area contributed by atoms with Crippen molar-refractivity contribution in [3.8, 4) is 11.3 Å². The molecule has 1 N–H and O–H groups in total. The van der Waals surface area contributed by atoms with E-state index in [1.54, 1.807) is 0 Å². The van der Waals surface area contributed by atoms with E-state index in [9.17, 15) is 0 Å². The summed E-state index contributed by atoms with van der Waals surface area (Å²) < 4.78 is 16.6. The van der Waals surface area contributed by atoms with E-state index in [1.807, 2.05) is 48.5 Å². The highest BCUT2D eigenvalue weighted by atomic mass is 14.7. The Morgan fingerprint density at radius 3 is 2.88 bits per heavy atom. The average molecular weight is 207 g/mol. The molecule has 1 heterocycles. The minimum absolute atomic E-state index is 0.368. The zero-order valence-corrected chi connectivity index (χ0v) is 8.64. The van der Waals surface area contributed by atoms with E-state index in [-0.39, 0.29) is 6.40 Å². The lowest BCUT2D eigenvalue weighted by Gasteiger charge is -1.97. The van der Waals surface area contributed by atoms with Crippen molar-refractivity contribution in [1.82, 2.24) is 4.98 Å². The molecule has 0 saturated heterocycles. The summed E-state index contributed by atoms with van der Waals surface area (Å²) in [6, 6.07) is 15.8. The van der Waals surface area contributed by atoms with Gasteiger partial charge in [0.25, 0.3) is 0 Å². The highest BCUT2D eigenvalue weighted by Crippen LogP contribution is 2.39. The third kappa shape index (κ3) is 0.904. The fourth-order valence-electron chi connectivity index (χ4n) is 2.45. The second-order valence-electron chi connectivity index (χ2n) is 4.12. The molecular weight excluding hydrogens is 194 g/mol. The fraction of sp³-hybridized carbons (Fsp3) is 0.0667. The number of nitrogens with one attached hydrogen (secondary N) is 1. The Balaban J connectivity index is 2.21. The van der Waals surface area contributed by atoms with Gasteiger partial charge in [-0.25, -0.2) is 0 Å². The average Bonchev–Trinajstić information content (AvgIpc) is 2.87. The Bertz CT molecular complexity index is 773. The number of hydrogen-bond acceptors (Lipinski definition) is 0. The number of H-pyrrole nitrogens is 1. The summed E-state index contributed by atoms with van der Waals surface area (Å²) in [6.45, 7) is 0. The van der Waals surface area contributed by atoms with Gasteiger partial charge >= 0.3 is 0 Å². The molecule has 1 aromatic heterocycles. The monoisotopic (exact) mass is 207 g/mol. The normalized spacial score (nSPS) is 19.1. The lowest BCUT2D eigenvalue weighted by molar-refractivity contribution is 1.29. The summed E-state index contributed by atoms with van der Waals surface area (Å²) in [6.07, 6.45) is -0.368. The summed E-state index contributed by atoms with van der Waals surface area (Å²) in [5.74, 6) is 0. The standard InChI is InChI=1S/C15H11N/c1-2-6-11-10(5-1)9-13-12-7-3-4-8-14(12)16-15(11)13/h1-8,16H,9H2/i9D/hD. The Kier molecular flexibility index (Phi) is 1.13. The number of fused-ring (bicyclic) bond motifs is 5. The van der Waals surface area contributed by atoms with Crippen LogP contribution in [0.1, 0.15) is 12.5 Å². The van der Waals surface area contributed by atoms with Crippen LogP contribution in [-0.2, 0) is 6.40 Å². The predicted molar refractivity (Wildman–Crippen MR) is 66.5 cm³/mol. The van der Waals surface area contributed by atoms with Crippen molar-refractivity contribution in [2.45, 2.75) is 6.40 Å². The first kappa shape index (κ1) is 6.54. The van der Waals surface area contributed by atoms with E-state index >= 15 is 0 Å². The zero-order valence-electron chi connectivity index (χ0n) is 10.6. The Labute approximate surface area is 96.6 Å². The van der Waals surface area contributed by atoms with Crippen LogP contribution in [0.2, 0.25) is 1.41 Å². The minimum Gasteiger partial charge on any atom is -0.354 e. The van der Waals surface area contributed by atoms with E-state index in [0.29, 0.717) is 0 Å². The van der Waals surface area contributed by atoms with Crippen molar-refractivity contribution in [1.29, 1.82) is 0 Å². The lowest BCUT2D eigenvalue weighted by Crippen LogP contribution is -1.80. The van der Waals surface area contributed by atoms with Crippen molar-refractivity contribution in [2.75, 3.05) is 0 Å². The third-order valence-electron chi connectivity index (χ3n) is 3.20. The summed E-state index contributed by atoms with van der Waals surface area (Å²) >= 11 is 0. The van der Waals surface area contributed by atoms with Crippen LogP contribution in [0, 0.1) is 0 Å². The van der Waals surface area contributed by atoms with Crippen molar-refractivity contribution >= 4 is 10.9 Å². The molecule has 1 unspecified atom stereocenters. The summed E-state index contributed by atoms with van der Waals surface area (Å²) in [4.78, 5) is 1.47. The van der Waals surface area contributed by atoms with E-state index in [0.717, 1.165) is 33.3 Å². The van der Waals surface area contributed by atoms with Crippen LogP contribution >= 0.6 is 0 Å². The zero-order chi connectivity index (χ0) is 12.3. The summed E-state index contributed by atoms with van der Waals surface area (Å²) in [5.41, 5.74) is 4.77. The Morgan fingerprint density at radius 2 is 1.88 bits per heavy atom. The van der Waals surface area contributed by atoms with Crippen molar-refractivity contribution in [3.05, 3.63) is 59.7 Å². The number of aromatic amines is 1. The SMILES string of the molecule is [2H]C1c2ccccc2-c2c1c1ccccc1n2[2H]. The van der Waals surface area contributed by atoms with Gasteiger partial charge in [0.15, 0.2) is 1.41 Å². The van der Waals surface area contributed by atoms with Crippen LogP contribution in [0.25, 0.3) is 22.2 Å². The van der Waals surface area contributed by atoms with Crippen molar-refractivity contribution in [2.24, 2.45) is 0 Å². The van der Waals surface area contributed by atoms with Gasteiger partial charge in [-0.15, -0.1) is 0 Å². The maximum absolute atomic E-state index is 8.39. The number of hydrogen-bond donors (Lipinski definition) is 1. The molecule has 0 fully saturated rings. The topological polar surface area (TPSA) is 15.8 Å². The molecule has 0 radical (unpaired) electrons. The summed E-state index contributed by atoms with van der Waals surface area (Å²) in [5, 5.41) is 1.03. The van der Waals surface area contributed by atoms with E-state index in [4.69, 9.17) is 2.78 Å². The first-order valence-electron chi connectivity index (χ1n) is 6.45. The number of rotatable bonds is 0. The van der Waals surface area contributed by atoms with E-state index in [2.05, 4.69) is 0 Å². The molecule has 16 heavy (non-hydrogen) atoms. The smallest absolute Gasteiger partial charge is 0.167 e. The van der Waals surface area contributed by atoms with E-state index in [1.165, 1.54) is 4.98 Å². The lowest BCUT2D eigenvalue weighted by atomic mass is 10.1. The second-order valence-corrected chi connectivity index (χ2v) is 4.12. The molecule has 1 atom stereocenters. The van der Waals surface area contributed by atoms with Crippen molar-refractivity contribution < 1.29 is 2.78 Å². The molecule has 2 aromatic carbocycles. The van der Waals surface area contributed by atoms with Gasteiger partial charge in [-0.1, -0.05) is 42.5 Å². The first-order chi connectivity index (χ1) is 8.79. The second kappa shape index (κ2) is 2.76. The molecule has 3 aromatic rings. The van der Waals surface area contributed by atoms with Crippen LogP contribution < -0.4 is 0 Å². The third-order valence-corrected chi connectivity index (χ3v) is 3.20. The van der Waals surface area contributed by atoms with Gasteiger partial charge in [-0.2, -0.15) is 0 Å². The van der Waals surface area contributed by atoms with Gasteiger partial charge in [0, 0.05) is 24.2 Å². The molecular formula is C15H11N. The van der Waals surface area contributed by atoms with Gasteiger partial charge in [-0.05, 0) is 17.2 Å². The van der Waals surface area contributed by atoms with Gasteiger partial charge in [0.05, 0.1) is 5.69 Å². The van der Waals surface area contributed by atoms with Crippen molar-refractivity contribution in [3.63, 3.8) is 0 Å². The maximum Gasteiger partial charge on any atom is 0.167 e. The highest BCUT2D eigenvalue weighted by molar-refractivity contribution is 5.94. The summed E-state index contributed by atoms with van der Waals surface area (Å²) in [7, 11) is 0. The fourth-order valence-corrected chi connectivity index (χ4v) is 2.45. The molecule has 0 saturated carbocycles. The molecule has 1 heteroatoms. The molecule has 76 valence electrons. The van der Waals surface area contributed by atoms with Gasteiger partial charge in [0.2, 0.25) is 0 Å². The van der Waals surface area contributed by atoms with Gasteiger partial charge in [-0.3, -0.25) is 0 Å². The molecule has 1 nitrogen and oxygen atoms in total. The quantitative estimate of drug-likeness (QED) is 0.578. The highest BCUT2D eigenvalue weighted by Gasteiger charge is 2.21. The van der Waals surface area contributed by atoms with Gasteiger partial charge < -0.3 is 4.98 Å². The van der Waals surface area contributed by atoms with Crippen LogP contribution in [0.15, 0.2) is 48.5 Å². The van der Waals surface area contributed by atoms with Crippen LogP contribution in [0.3, 0.4) is 0 Å². The van der Waals surface area contributed by atoms with Gasteiger partial charge in [0.1, 0.15) is 0 Å². The predicted octanol–water partition coefficient (Wildman–Crippen LogP) is 3.74. The Morgan fingerprint density at radius 1 is 1.06 bits per heavy atom. The number of benzene rings is 2. The molecule has 1 aliphatic rings.